The Kier molecular flexibility index (Phi) is 5.31. The first-order chi connectivity index (χ1) is 12.9. The minimum Gasteiger partial charge on any atom is -0.490 e. The molecule has 140 valence electrons. The number of ether oxygens (including phenoxy) is 1. The molecule has 3 rings (SSSR count). The maximum Gasteiger partial charge on any atom is 0.335 e. The number of aromatic carboxylic acids is 1. The minimum atomic E-state index is -1.08. The van der Waals surface area contributed by atoms with Crippen LogP contribution >= 0.6 is 0 Å². The average molecular weight is 366 g/mol. The van der Waals surface area contributed by atoms with Crippen molar-refractivity contribution in [2.24, 2.45) is 0 Å². The topological polar surface area (TPSA) is 76.7 Å². The molecule has 1 heterocycles. The standard InChI is InChI=1S/C22H22O5/c1-4-5-14-6-8-20(26-13(2)3)17(10-14)21-12-18(23)16-11-15(22(24)25)7-9-19(16)27-21/h6-13H,4-5H2,1-3H3,(H,24,25). The van der Waals surface area contributed by atoms with Crippen LogP contribution in [-0.2, 0) is 6.42 Å². The molecule has 0 aliphatic rings. The van der Waals surface area contributed by atoms with Crippen molar-refractivity contribution < 1.29 is 19.1 Å². The van der Waals surface area contributed by atoms with Crippen LogP contribution in [0.5, 0.6) is 5.75 Å². The molecule has 1 aromatic heterocycles. The van der Waals surface area contributed by atoms with Crippen molar-refractivity contribution in [3.63, 3.8) is 0 Å². The Morgan fingerprint density at radius 3 is 2.59 bits per heavy atom. The van der Waals surface area contributed by atoms with Crippen LogP contribution in [0.15, 0.2) is 51.7 Å². The van der Waals surface area contributed by atoms with E-state index in [0.29, 0.717) is 17.1 Å². The Morgan fingerprint density at radius 2 is 1.93 bits per heavy atom. The number of benzene rings is 2. The molecular weight excluding hydrogens is 344 g/mol. The molecule has 3 aromatic rings. The number of aryl methyl sites for hydroxylation is 1. The van der Waals surface area contributed by atoms with Crippen molar-refractivity contribution in [1.82, 2.24) is 0 Å². The van der Waals surface area contributed by atoms with Crippen molar-refractivity contribution in [2.75, 3.05) is 0 Å². The van der Waals surface area contributed by atoms with Crippen molar-refractivity contribution in [3.8, 4) is 17.1 Å². The molecule has 0 aliphatic heterocycles. The van der Waals surface area contributed by atoms with Crippen LogP contribution in [0, 0.1) is 0 Å². The average Bonchev–Trinajstić information content (AvgIpc) is 2.62. The van der Waals surface area contributed by atoms with Gasteiger partial charge in [-0.05, 0) is 56.2 Å². The maximum absolute atomic E-state index is 12.6. The molecule has 0 fully saturated rings. The van der Waals surface area contributed by atoms with Crippen molar-refractivity contribution in [3.05, 3.63) is 63.8 Å². The molecule has 0 spiro atoms. The van der Waals surface area contributed by atoms with Gasteiger partial charge in [0.2, 0.25) is 0 Å². The Morgan fingerprint density at radius 1 is 1.15 bits per heavy atom. The molecule has 0 saturated heterocycles. The molecule has 0 amide bonds. The van der Waals surface area contributed by atoms with E-state index in [1.165, 1.54) is 24.3 Å². The van der Waals surface area contributed by atoms with Crippen LogP contribution in [0.4, 0.5) is 0 Å². The lowest BCUT2D eigenvalue weighted by molar-refractivity contribution is 0.0697. The van der Waals surface area contributed by atoms with Crippen LogP contribution in [0.1, 0.15) is 43.1 Å². The Labute approximate surface area is 157 Å². The number of carbonyl (C=O) groups is 1. The molecule has 5 nitrogen and oxygen atoms in total. The van der Waals surface area contributed by atoms with Crippen LogP contribution in [0.3, 0.4) is 0 Å². The fourth-order valence-corrected chi connectivity index (χ4v) is 2.99. The van der Waals surface area contributed by atoms with Gasteiger partial charge in [0.25, 0.3) is 0 Å². The van der Waals surface area contributed by atoms with Crippen LogP contribution < -0.4 is 10.2 Å². The largest absolute Gasteiger partial charge is 0.490 e. The third-order valence-electron chi connectivity index (χ3n) is 4.18. The fraction of sp³-hybridized carbons (Fsp3) is 0.273. The molecular formula is C22H22O5. The molecule has 0 bridgehead atoms. The van der Waals surface area contributed by atoms with Gasteiger partial charge in [-0.15, -0.1) is 0 Å². The first-order valence-electron chi connectivity index (χ1n) is 9.00. The van der Waals surface area contributed by atoms with Gasteiger partial charge in [-0.3, -0.25) is 4.79 Å². The summed E-state index contributed by atoms with van der Waals surface area (Å²) in [6.45, 7) is 5.98. The number of hydrogen-bond acceptors (Lipinski definition) is 4. The summed E-state index contributed by atoms with van der Waals surface area (Å²) >= 11 is 0. The van der Waals surface area contributed by atoms with Gasteiger partial charge in [-0.2, -0.15) is 0 Å². The predicted molar refractivity (Wildman–Crippen MR) is 105 cm³/mol. The second kappa shape index (κ2) is 7.66. The molecule has 27 heavy (non-hydrogen) atoms. The normalized spacial score (nSPS) is 11.1. The third-order valence-corrected chi connectivity index (χ3v) is 4.18. The maximum atomic E-state index is 12.6. The van der Waals surface area contributed by atoms with E-state index in [1.54, 1.807) is 0 Å². The highest BCUT2D eigenvalue weighted by molar-refractivity contribution is 5.93. The van der Waals surface area contributed by atoms with Gasteiger partial charge in [0.15, 0.2) is 5.43 Å². The smallest absolute Gasteiger partial charge is 0.335 e. The summed E-state index contributed by atoms with van der Waals surface area (Å²) in [7, 11) is 0. The molecule has 2 aromatic carbocycles. The number of carboxylic acids is 1. The summed E-state index contributed by atoms with van der Waals surface area (Å²) in [4.78, 5) is 23.7. The summed E-state index contributed by atoms with van der Waals surface area (Å²) in [5, 5.41) is 9.36. The zero-order valence-electron chi connectivity index (χ0n) is 15.6. The van der Waals surface area contributed by atoms with Crippen LogP contribution in [0.2, 0.25) is 0 Å². The molecule has 0 atom stereocenters. The van der Waals surface area contributed by atoms with Gasteiger partial charge in [0.1, 0.15) is 17.1 Å². The van der Waals surface area contributed by atoms with Crippen molar-refractivity contribution >= 4 is 16.9 Å². The van der Waals surface area contributed by atoms with Gasteiger partial charge < -0.3 is 14.3 Å². The zero-order valence-corrected chi connectivity index (χ0v) is 15.6. The molecule has 0 unspecified atom stereocenters. The molecule has 0 radical (unpaired) electrons. The first-order valence-corrected chi connectivity index (χ1v) is 9.00. The van der Waals surface area contributed by atoms with E-state index in [2.05, 4.69) is 6.92 Å². The van der Waals surface area contributed by atoms with E-state index in [-0.39, 0.29) is 22.5 Å². The van der Waals surface area contributed by atoms with E-state index in [4.69, 9.17) is 14.3 Å². The summed E-state index contributed by atoms with van der Waals surface area (Å²) in [6, 6.07) is 11.6. The van der Waals surface area contributed by atoms with Gasteiger partial charge in [-0.25, -0.2) is 4.79 Å². The van der Waals surface area contributed by atoms with E-state index >= 15 is 0 Å². The summed E-state index contributed by atoms with van der Waals surface area (Å²) < 4.78 is 11.8. The fourth-order valence-electron chi connectivity index (χ4n) is 2.99. The molecule has 0 aliphatic carbocycles. The monoisotopic (exact) mass is 366 g/mol. The first kappa shape index (κ1) is 18.7. The highest BCUT2D eigenvalue weighted by Crippen LogP contribution is 2.33. The van der Waals surface area contributed by atoms with Gasteiger partial charge in [0.05, 0.1) is 22.6 Å². The van der Waals surface area contributed by atoms with Crippen molar-refractivity contribution in [1.29, 1.82) is 0 Å². The third kappa shape index (κ3) is 4.03. The highest BCUT2D eigenvalue weighted by atomic mass is 16.5. The molecule has 1 N–H and O–H groups in total. The Bertz CT molecular complexity index is 1050. The summed E-state index contributed by atoms with van der Waals surface area (Å²) in [5.41, 5.74) is 1.96. The van der Waals surface area contributed by atoms with E-state index < -0.39 is 5.97 Å². The zero-order chi connectivity index (χ0) is 19.6. The number of rotatable bonds is 6. The van der Waals surface area contributed by atoms with E-state index in [9.17, 15) is 9.59 Å². The van der Waals surface area contributed by atoms with Gasteiger partial charge in [-0.1, -0.05) is 19.4 Å². The second-order valence-corrected chi connectivity index (χ2v) is 6.74. The number of hydrogen-bond donors (Lipinski definition) is 1. The molecule has 0 saturated carbocycles. The Hall–Kier alpha value is -3.08. The number of fused-ring (bicyclic) bond motifs is 1. The highest BCUT2D eigenvalue weighted by Gasteiger charge is 2.15. The lowest BCUT2D eigenvalue weighted by Gasteiger charge is -2.15. The van der Waals surface area contributed by atoms with Gasteiger partial charge in [0, 0.05) is 6.07 Å². The SMILES string of the molecule is CCCc1ccc(OC(C)C)c(-c2cc(=O)c3cc(C(=O)O)ccc3o2)c1. The molecule has 5 heteroatoms. The van der Waals surface area contributed by atoms with Crippen molar-refractivity contribution in [2.45, 2.75) is 39.7 Å². The van der Waals surface area contributed by atoms with E-state index in [1.807, 2.05) is 32.0 Å². The lowest BCUT2D eigenvalue weighted by Crippen LogP contribution is -2.08. The second-order valence-electron chi connectivity index (χ2n) is 6.74. The summed E-state index contributed by atoms with van der Waals surface area (Å²) in [5.74, 6) is -0.0287. The summed E-state index contributed by atoms with van der Waals surface area (Å²) in [6.07, 6.45) is 1.89. The van der Waals surface area contributed by atoms with Gasteiger partial charge >= 0.3 is 5.97 Å². The van der Waals surface area contributed by atoms with E-state index in [0.717, 1.165) is 24.0 Å². The van der Waals surface area contributed by atoms with Crippen LogP contribution in [0.25, 0.3) is 22.3 Å². The lowest BCUT2D eigenvalue weighted by atomic mass is 10.0. The Balaban J connectivity index is 2.18. The quantitative estimate of drug-likeness (QED) is 0.671. The number of carboxylic acid groups (broad SMARTS) is 1. The predicted octanol–water partition coefficient (Wildman–Crippen LogP) is 4.90. The van der Waals surface area contributed by atoms with Crippen LogP contribution in [-0.4, -0.2) is 17.2 Å². The minimum absolute atomic E-state index is 0.0221.